The summed E-state index contributed by atoms with van der Waals surface area (Å²) in [6.45, 7) is 11.2. The van der Waals surface area contributed by atoms with Gasteiger partial charge >= 0.3 is 0 Å². The van der Waals surface area contributed by atoms with E-state index < -0.39 is 8.32 Å². The van der Waals surface area contributed by atoms with Crippen molar-refractivity contribution in [1.29, 1.82) is 0 Å². The van der Waals surface area contributed by atoms with E-state index in [9.17, 15) is 0 Å². The van der Waals surface area contributed by atoms with Crippen molar-refractivity contribution in [3.63, 3.8) is 0 Å². The zero-order valence-corrected chi connectivity index (χ0v) is 14.8. The minimum Gasteiger partial charge on any atom is -0.408 e. The Bertz CT molecular complexity index is 378. The normalized spacial score (nSPS) is 12.8. The minimum atomic E-state index is -1.58. The zero-order chi connectivity index (χ0) is 13.8. The van der Waals surface area contributed by atoms with Crippen LogP contribution in [0.4, 0.5) is 0 Å². The second-order valence-corrected chi connectivity index (χ2v) is 10.9. The topological polar surface area (TPSA) is 9.23 Å². The molecule has 0 spiro atoms. The predicted molar refractivity (Wildman–Crippen MR) is 85.5 cm³/mol. The van der Waals surface area contributed by atoms with Crippen molar-refractivity contribution in [3.8, 4) is 0 Å². The van der Waals surface area contributed by atoms with Gasteiger partial charge in [0.05, 0.1) is 5.60 Å². The molecule has 0 aliphatic heterocycles. The van der Waals surface area contributed by atoms with Gasteiger partial charge in [0.15, 0.2) is 8.32 Å². The van der Waals surface area contributed by atoms with Gasteiger partial charge in [-0.2, -0.15) is 0 Å². The Morgan fingerprint density at radius 1 is 1.06 bits per heavy atom. The lowest BCUT2D eigenvalue weighted by Gasteiger charge is -2.39. The van der Waals surface area contributed by atoms with Crippen LogP contribution >= 0.6 is 15.9 Å². The lowest BCUT2D eigenvalue weighted by molar-refractivity contribution is 0.0933. The first-order chi connectivity index (χ1) is 8.40. The van der Waals surface area contributed by atoms with E-state index in [0.717, 1.165) is 4.47 Å². The maximum atomic E-state index is 6.65. The summed E-state index contributed by atoms with van der Waals surface area (Å²) in [7, 11) is -1.58. The first-order valence-electron chi connectivity index (χ1n) is 6.86. The van der Waals surface area contributed by atoms with Crippen LogP contribution in [0.1, 0.15) is 40.2 Å². The second kappa shape index (κ2) is 6.35. The van der Waals surface area contributed by atoms with Crippen molar-refractivity contribution in [2.75, 3.05) is 0 Å². The van der Waals surface area contributed by atoms with Gasteiger partial charge in [0.25, 0.3) is 0 Å². The molecule has 0 amide bonds. The van der Waals surface area contributed by atoms with Gasteiger partial charge in [-0.25, -0.2) is 0 Å². The molecule has 0 bridgehead atoms. The summed E-state index contributed by atoms with van der Waals surface area (Å²) in [4.78, 5) is 0. The quantitative estimate of drug-likeness (QED) is 0.608. The monoisotopic (exact) mass is 328 g/mol. The number of benzene rings is 1. The van der Waals surface area contributed by atoms with E-state index in [-0.39, 0.29) is 5.60 Å². The second-order valence-electron chi connectivity index (χ2n) is 5.34. The van der Waals surface area contributed by atoms with Crippen LogP contribution < -0.4 is 0 Å². The average Bonchev–Trinajstić information content (AvgIpc) is 2.36. The van der Waals surface area contributed by atoms with E-state index >= 15 is 0 Å². The van der Waals surface area contributed by atoms with Gasteiger partial charge in [-0.3, -0.25) is 0 Å². The predicted octanol–water partition coefficient (Wildman–Crippen LogP) is 5.71. The number of hydrogen-bond acceptors (Lipinski definition) is 1. The maximum Gasteiger partial charge on any atom is 0.193 e. The molecule has 0 heterocycles. The molecule has 1 aromatic carbocycles. The highest BCUT2D eigenvalue weighted by molar-refractivity contribution is 9.10. The van der Waals surface area contributed by atoms with E-state index in [2.05, 4.69) is 68.7 Å². The summed E-state index contributed by atoms with van der Waals surface area (Å²) in [6.07, 6.45) is 0. The molecule has 102 valence electrons. The van der Waals surface area contributed by atoms with Crippen molar-refractivity contribution >= 4 is 24.2 Å². The third-order valence-electron chi connectivity index (χ3n) is 3.93. The molecule has 1 rings (SSSR count). The molecule has 0 fully saturated rings. The number of hydrogen-bond donors (Lipinski definition) is 0. The summed E-state index contributed by atoms with van der Waals surface area (Å²) in [6, 6.07) is 11.9. The first kappa shape index (κ1) is 15.9. The van der Waals surface area contributed by atoms with Crippen molar-refractivity contribution in [1.82, 2.24) is 0 Å². The Morgan fingerprint density at radius 3 is 2.00 bits per heavy atom. The highest BCUT2D eigenvalue weighted by Crippen LogP contribution is 2.36. The molecule has 0 saturated heterocycles. The fourth-order valence-corrected chi connectivity index (χ4v) is 6.40. The van der Waals surface area contributed by atoms with Crippen LogP contribution in [-0.4, -0.2) is 8.32 Å². The first-order valence-corrected chi connectivity index (χ1v) is 10.2. The highest BCUT2D eigenvalue weighted by Gasteiger charge is 2.36. The van der Waals surface area contributed by atoms with Crippen LogP contribution in [0.25, 0.3) is 0 Å². The lowest BCUT2D eigenvalue weighted by Crippen LogP contribution is -2.43. The van der Waals surface area contributed by atoms with Crippen LogP contribution in [0.3, 0.4) is 0 Å². The van der Waals surface area contributed by atoms with E-state index in [1.165, 1.54) is 23.7 Å². The van der Waals surface area contributed by atoms with Gasteiger partial charge in [-0.15, -0.1) is 0 Å². The molecule has 0 radical (unpaired) electrons. The summed E-state index contributed by atoms with van der Waals surface area (Å²) in [5.74, 6) is 0. The molecule has 0 saturated carbocycles. The van der Waals surface area contributed by atoms with Crippen LogP contribution in [0.2, 0.25) is 18.1 Å². The smallest absolute Gasteiger partial charge is 0.193 e. The molecule has 18 heavy (non-hydrogen) atoms. The fraction of sp³-hybridized carbons (Fsp3) is 0.600. The summed E-state index contributed by atoms with van der Waals surface area (Å²) < 4.78 is 7.79. The van der Waals surface area contributed by atoms with Crippen LogP contribution in [-0.2, 0) is 10.0 Å². The Morgan fingerprint density at radius 2 is 1.56 bits per heavy atom. The average molecular weight is 329 g/mol. The molecule has 0 aromatic heterocycles. The van der Waals surface area contributed by atoms with Crippen molar-refractivity contribution in [2.45, 2.75) is 58.4 Å². The summed E-state index contributed by atoms with van der Waals surface area (Å²) in [5.41, 5.74) is 1.03. The van der Waals surface area contributed by atoms with Crippen LogP contribution in [0.15, 0.2) is 28.7 Å². The zero-order valence-electron chi connectivity index (χ0n) is 12.2. The number of halogens is 1. The molecule has 0 atom stereocenters. The Kier molecular flexibility index (Phi) is 5.62. The van der Waals surface area contributed by atoms with Crippen molar-refractivity contribution in [2.24, 2.45) is 0 Å². The van der Waals surface area contributed by atoms with Crippen molar-refractivity contribution in [3.05, 3.63) is 34.3 Å². The molecule has 1 aromatic rings. The van der Waals surface area contributed by atoms with Gasteiger partial charge in [0, 0.05) is 4.47 Å². The van der Waals surface area contributed by atoms with Gasteiger partial charge in [-0.05, 0) is 43.6 Å². The molecule has 0 N–H and O–H groups in total. The molecule has 3 heteroatoms. The van der Waals surface area contributed by atoms with Gasteiger partial charge in [0.1, 0.15) is 0 Å². The number of rotatable bonds is 6. The van der Waals surface area contributed by atoms with Gasteiger partial charge in [-0.1, -0.05) is 54.9 Å². The molecule has 0 unspecified atom stereocenters. The molecule has 1 nitrogen and oxygen atoms in total. The van der Waals surface area contributed by atoms with E-state index in [1.54, 1.807) is 0 Å². The third kappa shape index (κ3) is 3.46. The SMILES string of the molecule is CC[Si](CC)(CC)OC(C)(C)c1ccccc1Br. The lowest BCUT2D eigenvalue weighted by atomic mass is 9.99. The maximum absolute atomic E-state index is 6.65. The molecule has 0 aliphatic rings. The van der Waals surface area contributed by atoms with Crippen LogP contribution in [0, 0.1) is 0 Å². The fourth-order valence-electron chi connectivity index (χ4n) is 2.51. The summed E-state index contributed by atoms with van der Waals surface area (Å²) >= 11 is 3.64. The highest BCUT2D eigenvalue weighted by atomic mass is 79.9. The van der Waals surface area contributed by atoms with E-state index in [0.29, 0.717) is 0 Å². The molecular weight excluding hydrogens is 304 g/mol. The Hall–Kier alpha value is -0.123. The van der Waals surface area contributed by atoms with E-state index in [4.69, 9.17) is 4.43 Å². The minimum absolute atomic E-state index is 0.214. The van der Waals surface area contributed by atoms with Crippen molar-refractivity contribution < 1.29 is 4.43 Å². The van der Waals surface area contributed by atoms with E-state index in [1.807, 2.05) is 6.07 Å². The standard InChI is InChI=1S/C15H25BrOSi/c1-6-18(7-2,8-3)17-15(4,5)13-11-9-10-12-14(13)16/h9-12H,6-8H2,1-5H3. The molecule has 0 aliphatic carbocycles. The van der Waals surface area contributed by atoms with Gasteiger partial charge in [0.2, 0.25) is 0 Å². The Balaban J connectivity index is 3.04. The summed E-state index contributed by atoms with van der Waals surface area (Å²) in [5, 5.41) is 0. The van der Waals surface area contributed by atoms with Gasteiger partial charge < -0.3 is 4.43 Å². The largest absolute Gasteiger partial charge is 0.408 e. The Labute approximate surface area is 121 Å². The molecular formula is C15H25BrOSi. The van der Waals surface area contributed by atoms with Crippen LogP contribution in [0.5, 0.6) is 0 Å². The third-order valence-corrected chi connectivity index (χ3v) is 9.43.